The smallest absolute Gasteiger partial charge is 0.191 e. The van der Waals surface area contributed by atoms with Gasteiger partial charge in [-0.25, -0.2) is 4.99 Å². The Kier molecular flexibility index (Phi) is 8.04. The van der Waals surface area contributed by atoms with Gasteiger partial charge in [0.05, 0.1) is 6.54 Å². The van der Waals surface area contributed by atoms with Crippen LogP contribution in [0.1, 0.15) is 30.9 Å². The first-order chi connectivity index (χ1) is 11.8. The van der Waals surface area contributed by atoms with Crippen LogP contribution < -0.4 is 15.4 Å². The van der Waals surface area contributed by atoms with E-state index in [2.05, 4.69) is 46.8 Å². The maximum atomic E-state index is 5.81. The molecule has 0 aliphatic heterocycles. The van der Waals surface area contributed by atoms with E-state index in [1.54, 1.807) is 0 Å². The topological polar surface area (TPSA) is 45.7 Å². The third kappa shape index (κ3) is 6.94. The van der Waals surface area contributed by atoms with Crippen molar-refractivity contribution in [3.8, 4) is 5.75 Å². The van der Waals surface area contributed by atoms with E-state index in [-0.39, 0.29) is 24.0 Å². The molecule has 0 radical (unpaired) electrons. The summed E-state index contributed by atoms with van der Waals surface area (Å²) in [7, 11) is 0. The molecule has 25 heavy (non-hydrogen) atoms. The molecular weight excluding hydrogens is 425 g/mol. The molecule has 0 unspecified atom stereocenters. The van der Waals surface area contributed by atoms with Crippen LogP contribution in [0.2, 0.25) is 0 Å². The van der Waals surface area contributed by atoms with Gasteiger partial charge in [-0.1, -0.05) is 42.5 Å². The summed E-state index contributed by atoms with van der Waals surface area (Å²) in [6.07, 6.45) is 2.50. The van der Waals surface area contributed by atoms with Crippen molar-refractivity contribution in [3.05, 3.63) is 65.7 Å². The summed E-state index contributed by atoms with van der Waals surface area (Å²) < 4.78 is 5.81. The maximum Gasteiger partial charge on any atom is 0.191 e. The van der Waals surface area contributed by atoms with Crippen molar-refractivity contribution in [3.63, 3.8) is 0 Å². The molecule has 0 atom stereocenters. The number of rotatable bonds is 7. The minimum absolute atomic E-state index is 0. The molecule has 0 bridgehead atoms. The quantitative estimate of drug-likeness (QED) is 0.379. The van der Waals surface area contributed by atoms with Gasteiger partial charge in [0.15, 0.2) is 5.96 Å². The largest absolute Gasteiger partial charge is 0.489 e. The highest BCUT2D eigenvalue weighted by atomic mass is 127. The van der Waals surface area contributed by atoms with E-state index in [9.17, 15) is 0 Å². The minimum atomic E-state index is 0. The number of guanidine groups is 1. The number of benzene rings is 2. The van der Waals surface area contributed by atoms with Gasteiger partial charge in [0, 0.05) is 12.6 Å². The monoisotopic (exact) mass is 451 g/mol. The van der Waals surface area contributed by atoms with Crippen molar-refractivity contribution in [2.45, 2.75) is 39.0 Å². The molecular formula is C20H26IN3O. The lowest BCUT2D eigenvalue weighted by Crippen LogP contribution is -2.38. The van der Waals surface area contributed by atoms with Gasteiger partial charge in [0.25, 0.3) is 0 Å². The Labute approximate surface area is 167 Å². The van der Waals surface area contributed by atoms with Crippen molar-refractivity contribution in [2.75, 3.05) is 6.54 Å². The summed E-state index contributed by atoms with van der Waals surface area (Å²) in [5.74, 6) is 1.79. The zero-order valence-corrected chi connectivity index (χ0v) is 16.9. The van der Waals surface area contributed by atoms with Crippen LogP contribution in [-0.4, -0.2) is 18.5 Å². The van der Waals surface area contributed by atoms with E-state index in [0.717, 1.165) is 18.3 Å². The van der Waals surface area contributed by atoms with E-state index in [1.807, 2.05) is 30.3 Å². The van der Waals surface area contributed by atoms with Crippen molar-refractivity contribution in [2.24, 2.45) is 4.99 Å². The lowest BCUT2D eigenvalue weighted by atomic mass is 10.2. The second-order valence-electron chi connectivity index (χ2n) is 6.03. The van der Waals surface area contributed by atoms with Crippen LogP contribution in [0.4, 0.5) is 0 Å². The molecule has 134 valence electrons. The minimum Gasteiger partial charge on any atom is -0.489 e. The van der Waals surface area contributed by atoms with E-state index in [1.165, 1.54) is 24.0 Å². The summed E-state index contributed by atoms with van der Waals surface area (Å²) in [5, 5.41) is 6.71. The first kappa shape index (κ1) is 19.6. The van der Waals surface area contributed by atoms with Crippen molar-refractivity contribution >= 4 is 29.9 Å². The van der Waals surface area contributed by atoms with Gasteiger partial charge in [-0.15, -0.1) is 24.0 Å². The van der Waals surface area contributed by atoms with Gasteiger partial charge < -0.3 is 15.4 Å². The molecule has 1 aliphatic rings. The molecule has 2 N–H and O–H groups in total. The van der Waals surface area contributed by atoms with Crippen LogP contribution in [0.5, 0.6) is 5.75 Å². The highest BCUT2D eigenvalue weighted by Gasteiger charge is 2.21. The SMILES string of the molecule is CCNC(=NCc1ccc(OCc2ccccc2)cc1)NC1CC1.I. The molecule has 0 aromatic heterocycles. The van der Waals surface area contributed by atoms with Gasteiger partial charge in [0.1, 0.15) is 12.4 Å². The fraction of sp³-hybridized carbons (Fsp3) is 0.350. The van der Waals surface area contributed by atoms with Crippen LogP contribution in [-0.2, 0) is 13.2 Å². The molecule has 1 fully saturated rings. The number of hydrogen-bond donors (Lipinski definition) is 2. The number of ether oxygens (including phenoxy) is 1. The predicted molar refractivity (Wildman–Crippen MR) is 114 cm³/mol. The fourth-order valence-corrected chi connectivity index (χ4v) is 2.34. The van der Waals surface area contributed by atoms with Crippen molar-refractivity contribution < 1.29 is 4.74 Å². The second-order valence-corrected chi connectivity index (χ2v) is 6.03. The molecule has 2 aromatic carbocycles. The molecule has 0 heterocycles. The number of nitrogens with zero attached hydrogens (tertiary/aromatic N) is 1. The van der Waals surface area contributed by atoms with E-state index in [0.29, 0.717) is 19.2 Å². The fourth-order valence-electron chi connectivity index (χ4n) is 2.34. The summed E-state index contributed by atoms with van der Waals surface area (Å²) in [6, 6.07) is 19.0. The van der Waals surface area contributed by atoms with Crippen LogP contribution in [0.25, 0.3) is 0 Å². The lowest BCUT2D eigenvalue weighted by Gasteiger charge is -2.10. The normalized spacial score (nSPS) is 13.7. The van der Waals surface area contributed by atoms with Gasteiger partial charge in [-0.05, 0) is 43.0 Å². The Bertz CT molecular complexity index is 654. The first-order valence-corrected chi connectivity index (χ1v) is 8.64. The predicted octanol–water partition coefficient (Wildman–Crippen LogP) is 4.10. The number of nitrogens with one attached hydrogen (secondary N) is 2. The lowest BCUT2D eigenvalue weighted by molar-refractivity contribution is 0.306. The molecule has 1 saturated carbocycles. The third-order valence-corrected chi connectivity index (χ3v) is 3.85. The third-order valence-electron chi connectivity index (χ3n) is 3.85. The summed E-state index contributed by atoms with van der Waals surface area (Å²) in [4.78, 5) is 4.64. The molecule has 4 nitrogen and oxygen atoms in total. The highest BCUT2D eigenvalue weighted by Crippen LogP contribution is 2.18. The van der Waals surface area contributed by atoms with E-state index >= 15 is 0 Å². The first-order valence-electron chi connectivity index (χ1n) is 8.64. The van der Waals surface area contributed by atoms with E-state index < -0.39 is 0 Å². The zero-order chi connectivity index (χ0) is 16.6. The Morgan fingerprint density at radius 3 is 2.40 bits per heavy atom. The van der Waals surface area contributed by atoms with Gasteiger partial charge >= 0.3 is 0 Å². The molecule has 0 spiro atoms. The Morgan fingerprint density at radius 2 is 1.76 bits per heavy atom. The second kappa shape index (κ2) is 10.3. The molecule has 0 saturated heterocycles. The van der Waals surface area contributed by atoms with Crippen molar-refractivity contribution in [1.82, 2.24) is 10.6 Å². The summed E-state index contributed by atoms with van der Waals surface area (Å²) >= 11 is 0. The molecule has 2 aromatic rings. The Balaban J connectivity index is 0.00000225. The zero-order valence-electron chi connectivity index (χ0n) is 14.6. The van der Waals surface area contributed by atoms with Crippen LogP contribution >= 0.6 is 24.0 Å². The number of aliphatic imine (C=N–C) groups is 1. The number of hydrogen-bond acceptors (Lipinski definition) is 2. The standard InChI is InChI=1S/C20H25N3O.HI/c1-2-21-20(23-18-10-11-18)22-14-16-8-12-19(13-9-16)24-15-17-6-4-3-5-7-17;/h3-9,12-13,18H,2,10-11,14-15H2,1H3,(H2,21,22,23);1H. The summed E-state index contributed by atoms with van der Waals surface area (Å²) in [6.45, 7) is 4.23. The summed E-state index contributed by atoms with van der Waals surface area (Å²) in [5.41, 5.74) is 2.35. The Morgan fingerprint density at radius 1 is 1.04 bits per heavy atom. The van der Waals surface area contributed by atoms with Crippen molar-refractivity contribution in [1.29, 1.82) is 0 Å². The molecule has 3 rings (SSSR count). The van der Waals surface area contributed by atoms with Crippen LogP contribution in [0, 0.1) is 0 Å². The molecule has 0 amide bonds. The van der Waals surface area contributed by atoms with Gasteiger partial charge in [-0.2, -0.15) is 0 Å². The van der Waals surface area contributed by atoms with E-state index in [4.69, 9.17) is 4.74 Å². The van der Waals surface area contributed by atoms with Crippen LogP contribution in [0.3, 0.4) is 0 Å². The number of halogens is 1. The average Bonchev–Trinajstić information content (AvgIpc) is 3.44. The molecule has 1 aliphatic carbocycles. The maximum absolute atomic E-state index is 5.81. The highest BCUT2D eigenvalue weighted by molar-refractivity contribution is 14.0. The van der Waals surface area contributed by atoms with Gasteiger partial charge in [-0.3, -0.25) is 0 Å². The Hall–Kier alpha value is -1.76. The molecule has 5 heteroatoms. The average molecular weight is 451 g/mol. The van der Waals surface area contributed by atoms with Crippen LogP contribution in [0.15, 0.2) is 59.6 Å². The van der Waals surface area contributed by atoms with Gasteiger partial charge in [0.2, 0.25) is 0 Å².